The maximum absolute atomic E-state index is 8.73. The predicted molar refractivity (Wildman–Crippen MR) is 71.0 cm³/mol. The molecule has 0 unspecified atom stereocenters. The molecule has 0 saturated carbocycles. The number of anilines is 1. The highest BCUT2D eigenvalue weighted by molar-refractivity contribution is 7.18. The molecule has 0 bridgehead atoms. The molecule has 0 aliphatic rings. The molecule has 0 radical (unpaired) electrons. The van der Waals surface area contributed by atoms with Crippen LogP contribution in [0.4, 0.5) is 5.13 Å². The lowest BCUT2D eigenvalue weighted by molar-refractivity contribution is 0.976. The van der Waals surface area contributed by atoms with E-state index in [2.05, 4.69) is 23.3 Å². The number of hydrogen-bond donors (Lipinski definition) is 1. The van der Waals surface area contributed by atoms with Crippen molar-refractivity contribution in [2.75, 3.05) is 11.9 Å². The Kier molecular flexibility index (Phi) is 3.73. The molecule has 4 heteroatoms. The highest BCUT2D eigenvalue weighted by Crippen LogP contribution is 2.28. The van der Waals surface area contributed by atoms with E-state index >= 15 is 0 Å². The van der Waals surface area contributed by atoms with Gasteiger partial charge in [0.2, 0.25) is 0 Å². The molecule has 1 N–H and O–H groups in total. The number of nitrogens with one attached hydrogen (secondary N) is 1. The molecule has 0 aliphatic heterocycles. The molecule has 1 heterocycles. The molecule has 0 saturated heterocycles. The van der Waals surface area contributed by atoms with Crippen molar-refractivity contribution in [2.45, 2.75) is 13.3 Å². The lowest BCUT2D eigenvalue weighted by atomic mass is 10.1. The van der Waals surface area contributed by atoms with Gasteiger partial charge in [-0.25, -0.2) is 4.98 Å². The van der Waals surface area contributed by atoms with Gasteiger partial charge in [-0.3, -0.25) is 0 Å². The first-order valence-electron chi connectivity index (χ1n) is 5.53. The quantitative estimate of drug-likeness (QED) is 0.894. The van der Waals surface area contributed by atoms with Crippen molar-refractivity contribution >= 4 is 16.5 Å². The number of hydrogen-bond acceptors (Lipinski definition) is 4. The fourth-order valence-corrected chi connectivity index (χ4v) is 2.28. The molecule has 86 valence electrons. The third-order valence-electron chi connectivity index (χ3n) is 2.33. The Hall–Kier alpha value is -1.86. The van der Waals surface area contributed by atoms with Gasteiger partial charge in [-0.05, 0) is 24.1 Å². The third-order valence-corrected chi connectivity index (χ3v) is 3.33. The maximum atomic E-state index is 8.73. The number of thiazole rings is 1. The molecule has 2 rings (SSSR count). The Labute approximate surface area is 105 Å². The van der Waals surface area contributed by atoms with E-state index in [9.17, 15) is 0 Å². The summed E-state index contributed by atoms with van der Waals surface area (Å²) in [5, 5.41) is 12.9. The first-order valence-corrected chi connectivity index (χ1v) is 6.35. The van der Waals surface area contributed by atoms with Crippen LogP contribution >= 0.6 is 11.3 Å². The van der Waals surface area contributed by atoms with Gasteiger partial charge in [0.05, 0.1) is 16.5 Å². The normalized spacial score (nSPS) is 9.88. The number of benzene rings is 1. The van der Waals surface area contributed by atoms with Crippen molar-refractivity contribution in [3.63, 3.8) is 0 Å². The summed E-state index contributed by atoms with van der Waals surface area (Å²) in [4.78, 5) is 5.43. The van der Waals surface area contributed by atoms with Crippen LogP contribution in [0.1, 0.15) is 18.9 Å². The molecule has 17 heavy (non-hydrogen) atoms. The number of nitriles is 1. The zero-order valence-electron chi connectivity index (χ0n) is 9.60. The van der Waals surface area contributed by atoms with E-state index in [1.54, 1.807) is 11.3 Å². The van der Waals surface area contributed by atoms with Crippen LogP contribution in [0.5, 0.6) is 0 Å². The molecule has 0 aliphatic carbocycles. The fourth-order valence-electron chi connectivity index (χ4n) is 1.43. The van der Waals surface area contributed by atoms with E-state index in [1.165, 1.54) is 0 Å². The molecule has 1 aromatic heterocycles. The van der Waals surface area contributed by atoms with Crippen molar-refractivity contribution in [1.82, 2.24) is 4.98 Å². The lowest BCUT2D eigenvalue weighted by Crippen LogP contribution is -1.97. The summed E-state index contributed by atoms with van der Waals surface area (Å²) in [5.41, 5.74) is 1.79. The second kappa shape index (κ2) is 5.46. The summed E-state index contributed by atoms with van der Waals surface area (Å²) in [5.74, 6) is 0. The van der Waals surface area contributed by atoms with Crippen LogP contribution in [-0.2, 0) is 0 Å². The van der Waals surface area contributed by atoms with Crippen LogP contribution in [0.2, 0.25) is 0 Å². The van der Waals surface area contributed by atoms with E-state index in [4.69, 9.17) is 5.26 Å². The predicted octanol–water partition coefficient (Wildman–Crippen LogP) is 3.50. The van der Waals surface area contributed by atoms with Gasteiger partial charge in [-0.15, -0.1) is 0 Å². The van der Waals surface area contributed by atoms with Gasteiger partial charge >= 0.3 is 0 Å². The first kappa shape index (κ1) is 11.6. The van der Waals surface area contributed by atoms with E-state index in [0.29, 0.717) is 5.56 Å². The van der Waals surface area contributed by atoms with Gasteiger partial charge in [-0.2, -0.15) is 5.26 Å². The average Bonchev–Trinajstić information content (AvgIpc) is 2.85. The molecule has 2 aromatic rings. The monoisotopic (exact) mass is 243 g/mol. The minimum absolute atomic E-state index is 0.683. The largest absolute Gasteiger partial charge is 0.362 e. The van der Waals surface area contributed by atoms with Crippen LogP contribution in [-0.4, -0.2) is 11.5 Å². The van der Waals surface area contributed by atoms with Crippen molar-refractivity contribution in [2.24, 2.45) is 0 Å². The van der Waals surface area contributed by atoms with Crippen LogP contribution in [0.15, 0.2) is 30.5 Å². The van der Waals surface area contributed by atoms with Crippen molar-refractivity contribution in [3.8, 4) is 16.5 Å². The third kappa shape index (κ3) is 2.83. The number of nitrogens with zero attached hydrogens (tertiary/aromatic N) is 2. The molecule has 1 aromatic carbocycles. The second-order valence-electron chi connectivity index (χ2n) is 3.65. The smallest absolute Gasteiger partial charge is 0.183 e. The molecular weight excluding hydrogens is 230 g/mol. The zero-order valence-corrected chi connectivity index (χ0v) is 10.4. The Bertz CT molecular complexity index is 522. The van der Waals surface area contributed by atoms with Gasteiger partial charge in [0.1, 0.15) is 0 Å². The highest BCUT2D eigenvalue weighted by atomic mass is 32.1. The maximum Gasteiger partial charge on any atom is 0.183 e. The minimum Gasteiger partial charge on any atom is -0.362 e. The SMILES string of the molecule is CCCNc1ncc(-c2ccc(C#N)cc2)s1. The van der Waals surface area contributed by atoms with Gasteiger partial charge < -0.3 is 5.32 Å². The molecule has 3 nitrogen and oxygen atoms in total. The Balaban J connectivity index is 2.16. The summed E-state index contributed by atoms with van der Waals surface area (Å²) in [6, 6.07) is 9.68. The van der Waals surface area contributed by atoms with E-state index < -0.39 is 0 Å². The van der Waals surface area contributed by atoms with Gasteiger partial charge in [-0.1, -0.05) is 30.4 Å². The molecule has 0 amide bonds. The summed E-state index contributed by atoms with van der Waals surface area (Å²) in [6.07, 6.45) is 2.95. The van der Waals surface area contributed by atoms with Gasteiger partial charge in [0, 0.05) is 12.7 Å². The number of aromatic nitrogens is 1. The van der Waals surface area contributed by atoms with Gasteiger partial charge in [0.15, 0.2) is 5.13 Å². The Morgan fingerprint density at radius 1 is 1.35 bits per heavy atom. The van der Waals surface area contributed by atoms with Gasteiger partial charge in [0.25, 0.3) is 0 Å². The van der Waals surface area contributed by atoms with E-state index in [0.717, 1.165) is 28.5 Å². The van der Waals surface area contributed by atoms with Crippen molar-refractivity contribution in [3.05, 3.63) is 36.0 Å². The number of rotatable bonds is 4. The standard InChI is InChI=1S/C13H13N3S/c1-2-7-15-13-16-9-12(17-13)11-5-3-10(8-14)4-6-11/h3-6,9H,2,7H2,1H3,(H,15,16). The summed E-state index contributed by atoms with van der Waals surface area (Å²) in [7, 11) is 0. The van der Waals surface area contributed by atoms with Crippen molar-refractivity contribution < 1.29 is 0 Å². The second-order valence-corrected chi connectivity index (χ2v) is 4.68. The summed E-state index contributed by atoms with van der Waals surface area (Å²) < 4.78 is 0. The van der Waals surface area contributed by atoms with Crippen LogP contribution in [0.25, 0.3) is 10.4 Å². The first-order chi connectivity index (χ1) is 8.33. The average molecular weight is 243 g/mol. The molecule has 0 atom stereocenters. The topological polar surface area (TPSA) is 48.7 Å². The van der Waals surface area contributed by atoms with E-state index in [1.807, 2.05) is 30.5 Å². The Morgan fingerprint density at radius 2 is 2.12 bits per heavy atom. The zero-order chi connectivity index (χ0) is 12.1. The van der Waals surface area contributed by atoms with Crippen LogP contribution in [0, 0.1) is 11.3 Å². The minimum atomic E-state index is 0.683. The molecule has 0 fully saturated rings. The van der Waals surface area contributed by atoms with E-state index in [-0.39, 0.29) is 0 Å². The van der Waals surface area contributed by atoms with Crippen LogP contribution < -0.4 is 5.32 Å². The summed E-state index contributed by atoms with van der Waals surface area (Å²) >= 11 is 1.63. The highest BCUT2D eigenvalue weighted by Gasteiger charge is 2.03. The van der Waals surface area contributed by atoms with Crippen molar-refractivity contribution in [1.29, 1.82) is 5.26 Å². The molecule has 0 spiro atoms. The molecular formula is C13H13N3S. The Morgan fingerprint density at radius 3 is 2.76 bits per heavy atom. The summed E-state index contributed by atoms with van der Waals surface area (Å²) in [6.45, 7) is 3.07. The fraction of sp³-hybridized carbons (Fsp3) is 0.231. The lowest BCUT2D eigenvalue weighted by Gasteiger charge is -1.97. The van der Waals surface area contributed by atoms with Crippen LogP contribution in [0.3, 0.4) is 0 Å².